The highest BCUT2D eigenvalue weighted by Gasteiger charge is 2.38. The van der Waals surface area contributed by atoms with Crippen LogP contribution in [0.25, 0.3) is 10.3 Å². The van der Waals surface area contributed by atoms with E-state index in [9.17, 15) is 9.59 Å². The number of nitrogens with zero attached hydrogens (tertiary/aromatic N) is 3. The maximum Gasteiger partial charge on any atom is 0.311 e. The van der Waals surface area contributed by atoms with Gasteiger partial charge in [-0.25, -0.2) is 4.98 Å². The van der Waals surface area contributed by atoms with E-state index in [2.05, 4.69) is 9.97 Å². The Labute approximate surface area is 116 Å². The largest absolute Gasteiger partial charge is 0.394 e. The molecule has 0 spiro atoms. The van der Waals surface area contributed by atoms with E-state index in [1.54, 1.807) is 0 Å². The molecule has 0 saturated carbocycles. The summed E-state index contributed by atoms with van der Waals surface area (Å²) in [7, 11) is 0. The topological polar surface area (TPSA) is 120 Å². The zero-order valence-electron chi connectivity index (χ0n) is 10.3. The molecule has 1 fully saturated rings. The van der Waals surface area contributed by atoms with E-state index in [4.69, 9.17) is 15.6 Å². The highest BCUT2D eigenvalue weighted by atomic mass is 32.1. The third-order valence-corrected chi connectivity index (χ3v) is 4.12. The van der Waals surface area contributed by atoms with Crippen molar-refractivity contribution in [2.24, 2.45) is 5.92 Å². The van der Waals surface area contributed by atoms with E-state index in [1.807, 2.05) is 0 Å². The number of thiazole rings is 1. The molecule has 0 unspecified atom stereocenters. The molecular formula is C11H12N4O4S. The van der Waals surface area contributed by atoms with Gasteiger partial charge in [0.05, 0.1) is 29.5 Å². The minimum absolute atomic E-state index is 0.0448. The number of nitrogens with two attached hydrogens (primary N) is 1. The summed E-state index contributed by atoms with van der Waals surface area (Å²) in [6.45, 7) is -0.200. The Kier molecular flexibility index (Phi) is 3.24. The molecule has 0 aromatic carbocycles. The van der Waals surface area contributed by atoms with Crippen molar-refractivity contribution in [3.63, 3.8) is 0 Å². The summed E-state index contributed by atoms with van der Waals surface area (Å²) in [6.07, 6.45) is 1.35. The normalized spacial score (nSPS) is 26.1. The number of rotatable bonds is 3. The predicted octanol–water partition coefficient (Wildman–Crippen LogP) is -0.470. The number of hydrogen-bond acceptors (Lipinski definition) is 8. The number of hydrogen-bond donors (Lipinski definition) is 2. The Bertz CT molecular complexity index is 712. The fourth-order valence-corrected chi connectivity index (χ4v) is 3.16. The Hall–Kier alpha value is -1.84. The van der Waals surface area contributed by atoms with Crippen molar-refractivity contribution in [3.05, 3.63) is 15.9 Å². The fraction of sp³-hybridized carbons (Fsp3) is 0.455. The lowest BCUT2D eigenvalue weighted by Crippen LogP contribution is -2.25. The van der Waals surface area contributed by atoms with Crippen LogP contribution in [0.3, 0.4) is 0 Å². The Morgan fingerprint density at radius 1 is 1.65 bits per heavy atom. The average Bonchev–Trinajstić information content (AvgIpc) is 2.98. The maximum absolute atomic E-state index is 12.1. The van der Waals surface area contributed by atoms with Crippen LogP contribution in [0.5, 0.6) is 0 Å². The van der Waals surface area contributed by atoms with Gasteiger partial charge in [0.25, 0.3) is 0 Å². The maximum atomic E-state index is 12.1. The Morgan fingerprint density at radius 3 is 3.15 bits per heavy atom. The minimum Gasteiger partial charge on any atom is -0.394 e. The molecule has 106 valence electrons. The lowest BCUT2D eigenvalue weighted by molar-refractivity contribution is -0.114. The van der Waals surface area contributed by atoms with Crippen molar-refractivity contribution in [3.8, 4) is 0 Å². The summed E-state index contributed by atoms with van der Waals surface area (Å²) < 4.78 is 7.46. The predicted molar refractivity (Wildman–Crippen MR) is 71.3 cm³/mol. The van der Waals surface area contributed by atoms with Crippen LogP contribution in [0, 0.1) is 5.92 Å². The number of aldehydes is 1. The van der Waals surface area contributed by atoms with E-state index >= 15 is 0 Å². The molecule has 3 atom stereocenters. The van der Waals surface area contributed by atoms with Gasteiger partial charge < -0.3 is 20.4 Å². The van der Waals surface area contributed by atoms with Crippen LogP contribution in [0.2, 0.25) is 0 Å². The number of aromatic nitrogens is 3. The highest BCUT2D eigenvalue weighted by Crippen LogP contribution is 2.34. The third-order valence-electron chi connectivity index (χ3n) is 3.24. The van der Waals surface area contributed by atoms with Gasteiger partial charge in [0.15, 0.2) is 5.65 Å². The number of carbonyl (C=O) groups is 1. The number of aliphatic hydroxyl groups is 1. The smallest absolute Gasteiger partial charge is 0.311 e. The number of carbonyl (C=O) groups excluding carboxylic acids is 1. The summed E-state index contributed by atoms with van der Waals surface area (Å²) in [5.74, 6) is -0.456. The molecule has 1 aliphatic heterocycles. The SMILES string of the molecule is Nc1ncc2sc(=O)n([C@@H]3O[C@H](CO)C[C@H]3C=O)c2n1. The van der Waals surface area contributed by atoms with Crippen molar-refractivity contribution < 1.29 is 14.6 Å². The molecule has 0 aliphatic carbocycles. The molecule has 20 heavy (non-hydrogen) atoms. The van der Waals surface area contributed by atoms with E-state index in [1.165, 1.54) is 10.8 Å². The molecule has 0 bridgehead atoms. The fourth-order valence-electron chi connectivity index (χ4n) is 2.34. The molecule has 3 rings (SSSR count). The lowest BCUT2D eigenvalue weighted by Gasteiger charge is -2.15. The van der Waals surface area contributed by atoms with Crippen LogP contribution in [-0.4, -0.2) is 38.6 Å². The van der Waals surface area contributed by atoms with Gasteiger partial charge in [0.2, 0.25) is 5.95 Å². The van der Waals surface area contributed by atoms with E-state index in [-0.39, 0.29) is 17.4 Å². The van der Waals surface area contributed by atoms with Crippen LogP contribution >= 0.6 is 11.3 Å². The summed E-state index contributed by atoms with van der Waals surface area (Å²) in [5, 5.41) is 9.15. The summed E-state index contributed by atoms with van der Waals surface area (Å²) in [4.78, 5) is 30.8. The van der Waals surface area contributed by atoms with Crippen LogP contribution in [0.4, 0.5) is 5.95 Å². The summed E-state index contributed by atoms with van der Waals surface area (Å²) in [6, 6.07) is 0. The molecule has 1 aliphatic rings. The first-order valence-corrected chi connectivity index (χ1v) is 6.81. The number of aliphatic hydroxyl groups excluding tert-OH is 1. The second-order valence-corrected chi connectivity index (χ2v) is 5.51. The first-order valence-electron chi connectivity index (χ1n) is 5.99. The number of fused-ring (bicyclic) bond motifs is 1. The molecule has 0 amide bonds. The van der Waals surface area contributed by atoms with Crippen molar-refractivity contribution >= 4 is 33.9 Å². The van der Waals surface area contributed by atoms with Gasteiger partial charge in [-0.2, -0.15) is 4.98 Å². The van der Waals surface area contributed by atoms with E-state index < -0.39 is 18.2 Å². The van der Waals surface area contributed by atoms with Crippen LogP contribution in [0.1, 0.15) is 12.6 Å². The van der Waals surface area contributed by atoms with Crippen molar-refractivity contribution in [2.45, 2.75) is 18.8 Å². The molecule has 0 radical (unpaired) electrons. The van der Waals surface area contributed by atoms with Gasteiger partial charge in [0, 0.05) is 0 Å². The van der Waals surface area contributed by atoms with Gasteiger partial charge in [-0.3, -0.25) is 9.36 Å². The molecule has 1 saturated heterocycles. The first-order chi connectivity index (χ1) is 9.63. The van der Waals surface area contributed by atoms with Gasteiger partial charge in [0.1, 0.15) is 12.5 Å². The Morgan fingerprint density at radius 2 is 2.45 bits per heavy atom. The van der Waals surface area contributed by atoms with Gasteiger partial charge >= 0.3 is 4.87 Å². The zero-order chi connectivity index (χ0) is 14.3. The van der Waals surface area contributed by atoms with Crippen LogP contribution in [-0.2, 0) is 9.53 Å². The number of anilines is 1. The molecule has 3 heterocycles. The minimum atomic E-state index is -0.764. The quantitative estimate of drug-likeness (QED) is 0.734. The van der Waals surface area contributed by atoms with Crippen LogP contribution < -0.4 is 10.6 Å². The van der Waals surface area contributed by atoms with Crippen molar-refractivity contribution in [2.75, 3.05) is 12.3 Å². The Balaban J connectivity index is 2.13. The molecule has 3 N–H and O–H groups in total. The third kappa shape index (κ3) is 1.99. The van der Waals surface area contributed by atoms with Gasteiger partial charge in [-0.15, -0.1) is 0 Å². The summed E-state index contributed by atoms with van der Waals surface area (Å²) in [5.41, 5.74) is 5.89. The number of ether oxygens (including phenoxy) is 1. The van der Waals surface area contributed by atoms with Crippen LogP contribution in [0.15, 0.2) is 11.0 Å². The second kappa shape index (κ2) is 4.93. The first kappa shape index (κ1) is 13.2. The van der Waals surface area contributed by atoms with Gasteiger partial charge in [-0.1, -0.05) is 11.3 Å². The summed E-state index contributed by atoms with van der Waals surface area (Å²) >= 11 is 0.964. The zero-order valence-corrected chi connectivity index (χ0v) is 11.1. The molecule has 2 aromatic heterocycles. The second-order valence-electron chi connectivity index (χ2n) is 4.52. The standard InChI is InChI=1S/C11H12N4O4S/c12-10-13-2-7-8(14-10)15(11(18)20-7)9-5(3-16)1-6(4-17)19-9/h2-3,5-6,9,17H,1,4H2,(H2,12,13,14)/t5-,6-,9+/m0/s1. The average molecular weight is 296 g/mol. The van der Waals surface area contributed by atoms with E-state index in [0.29, 0.717) is 16.8 Å². The van der Waals surface area contributed by atoms with Crippen molar-refractivity contribution in [1.82, 2.24) is 14.5 Å². The van der Waals surface area contributed by atoms with E-state index in [0.717, 1.165) is 17.6 Å². The molecule has 2 aromatic rings. The monoisotopic (exact) mass is 296 g/mol. The van der Waals surface area contributed by atoms with Crippen molar-refractivity contribution in [1.29, 1.82) is 0 Å². The molecule has 8 nitrogen and oxygen atoms in total. The number of nitrogen functional groups attached to an aromatic ring is 1. The van der Waals surface area contributed by atoms with Gasteiger partial charge in [-0.05, 0) is 6.42 Å². The molecular weight excluding hydrogens is 284 g/mol. The molecule has 9 heteroatoms. The lowest BCUT2D eigenvalue weighted by atomic mass is 10.1. The highest BCUT2D eigenvalue weighted by molar-refractivity contribution is 7.16.